The van der Waals surface area contributed by atoms with Gasteiger partial charge in [-0.3, -0.25) is 4.90 Å². The van der Waals surface area contributed by atoms with E-state index in [1.807, 2.05) is 0 Å². The van der Waals surface area contributed by atoms with Gasteiger partial charge in [0.25, 0.3) is 0 Å². The SMILES string of the molecule is C=CC12CCCN1CCc1cc(OC)c(OC)cc12. The van der Waals surface area contributed by atoms with Crippen molar-refractivity contribution in [1.29, 1.82) is 0 Å². The second-order valence-corrected chi connectivity index (χ2v) is 5.33. The van der Waals surface area contributed by atoms with Crippen LogP contribution in [0.5, 0.6) is 11.5 Å². The number of nitrogens with zero attached hydrogens (tertiary/aromatic N) is 1. The fraction of sp³-hybridized carbons (Fsp3) is 0.500. The largest absolute Gasteiger partial charge is 0.493 e. The summed E-state index contributed by atoms with van der Waals surface area (Å²) < 4.78 is 10.9. The minimum atomic E-state index is 0.00708. The van der Waals surface area contributed by atoms with Gasteiger partial charge in [0.05, 0.1) is 19.8 Å². The molecule has 0 saturated carbocycles. The van der Waals surface area contributed by atoms with E-state index in [2.05, 4.69) is 29.7 Å². The van der Waals surface area contributed by atoms with Crippen LogP contribution in [0, 0.1) is 0 Å². The third-order valence-corrected chi connectivity index (χ3v) is 4.61. The van der Waals surface area contributed by atoms with Gasteiger partial charge in [0.15, 0.2) is 11.5 Å². The molecule has 0 aromatic heterocycles. The lowest BCUT2D eigenvalue weighted by Crippen LogP contribution is -2.44. The maximum Gasteiger partial charge on any atom is 0.161 e. The van der Waals surface area contributed by atoms with Gasteiger partial charge in [-0.1, -0.05) is 6.08 Å². The van der Waals surface area contributed by atoms with Crippen LogP contribution in [-0.4, -0.2) is 32.2 Å². The molecule has 3 heteroatoms. The molecule has 1 aromatic rings. The molecule has 0 amide bonds. The lowest BCUT2D eigenvalue weighted by molar-refractivity contribution is 0.171. The average Bonchev–Trinajstić information content (AvgIpc) is 2.90. The topological polar surface area (TPSA) is 21.7 Å². The monoisotopic (exact) mass is 259 g/mol. The first-order chi connectivity index (χ1) is 9.25. The van der Waals surface area contributed by atoms with E-state index in [9.17, 15) is 0 Å². The van der Waals surface area contributed by atoms with Gasteiger partial charge in [0, 0.05) is 6.54 Å². The molecule has 1 saturated heterocycles. The number of fused-ring (bicyclic) bond motifs is 3. The number of methoxy groups -OCH3 is 2. The Morgan fingerprint density at radius 3 is 2.63 bits per heavy atom. The molecule has 3 rings (SSSR count). The van der Waals surface area contributed by atoms with Gasteiger partial charge in [0.2, 0.25) is 0 Å². The molecule has 0 spiro atoms. The third-order valence-electron chi connectivity index (χ3n) is 4.61. The van der Waals surface area contributed by atoms with Crippen molar-refractivity contribution in [2.45, 2.75) is 24.8 Å². The maximum atomic E-state index is 5.46. The highest BCUT2D eigenvalue weighted by Crippen LogP contribution is 2.47. The highest BCUT2D eigenvalue weighted by Gasteiger charge is 2.43. The van der Waals surface area contributed by atoms with Crippen molar-refractivity contribution >= 4 is 0 Å². The first-order valence-corrected chi connectivity index (χ1v) is 6.89. The molecule has 0 radical (unpaired) electrons. The Labute approximate surface area is 114 Å². The van der Waals surface area contributed by atoms with Crippen molar-refractivity contribution in [3.63, 3.8) is 0 Å². The van der Waals surface area contributed by atoms with Crippen LogP contribution < -0.4 is 9.47 Å². The minimum absolute atomic E-state index is 0.00708. The highest BCUT2D eigenvalue weighted by atomic mass is 16.5. The minimum Gasteiger partial charge on any atom is -0.493 e. The quantitative estimate of drug-likeness (QED) is 0.779. The second kappa shape index (κ2) is 4.57. The molecule has 3 nitrogen and oxygen atoms in total. The molecular formula is C16H21NO2. The Hall–Kier alpha value is -1.48. The molecule has 0 N–H and O–H groups in total. The van der Waals surface area contributed by atoms with Crippen LogP contribution in [0.25, 0.3) is 0 Å². The van der Waals surface area contributed by atoms with Gasteiger partial charge in [-0.2, -0.15) is 0 Å². The number of hydrogen-bond donors (Lipinski definition) is 0. The van der Waals surface area contributed by atoms with Crippen LogP contribution in [0.15, 0.2) is 24.8 Å². The Balaban J connectivity index is 2.17. The lowest BCUT2D eigenvalue weighted by atomic mass is 9.80. The van der Waals surface area contributed by atoms with Crippen LogP contribution in [-0.2, 0) is 12.0 Å². The third kappa shape index (κ3) is 1.68. The number of rotatable bonds is 3. The van der Waals surface area contributed by atoms with E-state index < -0.39 is 0 Å². The molecular weight excluding hydrogens is 238 g/mol. The van der Waals surface area contributed by atoms with Crippen LogP contribution in [0.4, 0.5) is 0 Å². The van der Waals surface area contributed by atoms with E-state index in [1.165, 1.54) is 24.1 Å². The summed E-state index contributed by atoms with van der Waals surface area (Å²) >= 11 is 0. The molecule has 2 aliphatic rings. The van der Waals surface area contributed by atoms with E-state index in [-0.39, 0.29) is 5.54 Å². The standard InChI is InChI=1S/C16H21NO2/c1-4-16-7-5-8-17(16)9-6-12-10-14(18-2)15(19-3)11-13(12)16/h4,10-11H,1,5-9H2,2-3H3. The Bertz CT molecular complexity index is 512. The summed E-state index contributed by atoms with van der Waals surface area (Å²) in [4.78, 5) is 2.55. The highest BCUT2D eigenvalue weighted by molar-refractivity contribution is 5.52. The molecule has 1 atom stereocenters. The van der Waals surface area contributed by atoms with Crippen molar-refractivity contribution < 1.29 is 9.47 Å². The Morgan fingerprint density at radius 1 is 1.21 bits per heavy atom. The van der Waals surface area contributed by atoms with Crippen molar-refractivity contribution in [2.75, 3.05) is 27.3 Å². The zero-order chi connectivity index (χ0) is 13.5. The molecule has 1 unspecified atom stereocenters. The summed E-state index contributed by atoms with van der Waals surface area (Å²) in [5, 5.41) is 0. The lowest BCUT2D eigenvalue weighted by Gasteiger charge is -2.42. The van der Waals surface area contributed by atoms with E-state index >= 15 is 0 Å². The van der Waals surface area contributed by atoms with Crippen molar-refractivity contribution in [3.05, 3.63) is 35.9 Å². The van der Waals surface area contributed by atoms with Crippen molar-refractivity contribution in [1.82, 2.24) is 4.90 Å². The predicted molar refractivity (Wildman–Crippen MR) is 75.9 cm³/mol. The van der Waals surface area contributed by atoms with Crippen molar-refractivity contribution in [2.24, 2.45) is 0 Å². The normalized spacial score (nSPS) is 25.6. The van der Waals surface area contributed by atoms with Gasteiger partial charge < -0.3 is 9.47 Å². The first-order valence-electron chi connectivity index (χ1n) is 6.89. The fourth-order valence-corrected chi connectivity index (χ4v) is 3.64. The van der Waals surface area contributed by atoms with E-state index in [0.29, 0.717) is 0 Å². The molecule has 2 aliphatic heterocycles. The van der Waals surface area contributed by atoms with E-state index in [4.69, 9.17) is 9.47 Å². The van der Waals surface area contributed by atoms with Crippen LogP contribution >= 0.6 is 0 Å². The number of ether oxygens (including phenoxy) is 2. The fourth-order valence-electron chi connectivity index (χ4n) is 3.64. The molecule has 0 aliphatic carbocycles. The molecule has 1 fully saturated rings. The summed E-state index contributed by atoms with van der Waals surface area (Å²) in [7, 11) is 3.39. The van der Waals surface area contributed by atoms with Crippen LogP contribution in [0.1, 0.15) is 24.0 Å². The van der Waals surface area contributed by atoms with Crippen LogP contribution in [0.2, 0.25) is 0 Å². The first kappa shape index (κ1) is 12.5. The summed E-state index contributed by atoms with van der Waals surface area (Å²) in [6.07, 6.45) is 5.58. The van der Waals surface area contributed by atoms with Gasteiger partial charge in [-0.25, -0.2) is 0 Å². The molecule has 19 heavy (non-hydrogen) atoms. The molecule has 1 aromatic carbocycles. The van der Waals surface area contributed by atoms with Crippen LogP contribution in [0.3, 0.4) is 0 Å². The molecule has 102 valence electrons. The molecule has 2 heterocycles. The van der Waals surface area contributed by atoms with E-state index in [1.54, 1.807) is 14.2 Å². The van der Waals surface area contributed by atoms with E-state index in [0.717, 1.165) is 30.9 Å². The summed E-state index contributed by atoms with van der Waals surface area (Å²) in [6, 6.07) is 4.28. The van der Waals surface area contributed by atoms with Gasteiger partial charge in [-0.15, -0.1) is 6.58 Å². The molecule has 0 bridgehead atoms. The van der Waals surface area contributed by atoms with Gasteiger partial charge in [0.1, 0.15) is 0 Å². The smallest absolute Gasteiger partial charge is 0.161 e. The number of hydrogen-bond acceptors (Lipinski definition) is 3. The Morgan fingerprint density at radius 2 is 1.95 bits per heavy atom. The zero-order valence-electron chi connectivity index (χ0n) is 11.7. The second-order valence-electron chi connectivity index (χ2n) is 5.33. The summed E-state index contributed by atoms with van der Waals surface area (Å²) in [6.45, 7) is 6.37. The maximum absolute atomic E-state index is 5.46. The predicted octanol–water partition coefficient (Wildman–Crippen LogP) is 2.74. The van der Waals surface area contributed by atoms with Gasteiger partial charge in [-0.05, 0) is 49.1 Å². The Kier molecular flexibility index (Phi) is 3.02. The summed E-state index contributed by atoms with van der Waals surface area (Å²) in [5.74, 6) is 1.64. The van der Waals surface area contributed by atoms with Gasteiger partial charge >= 0.3 is 0 Å². The zero-order valence-corrected chi connectivity index (χ0v) is 11.7. The average molecular weight is 259 g/mol. The summed E-state index contributed by atoms with van der Waals surface area (Å²) in [5.41, 5.74) is 2.73. The number of benzene rings is 1. The van der Waals surface area contributed by atoms with Crippen molar-refractivity contribution in [3.8, 4) is 11.5 Å².